The van der Waals surface area contributed by atoms with Crippen LogP contribution in [0.15, 0.2) is 0 Å². The average Bonchev–Trinajstić information content (AvgIpc) is 2.02. The van der Waals surface area contributed by atoms with Gasteiger partial charge >= 0.3 is 0 Å². The summed E-state index contributed by atoms with van der Waals surface area (Å²) in [6, 6.07) is 0. The number of nitrogens with two attached hydrogens (primary N) is 2. The van der Waals surface area contributed by atoms with Gasteiger partial charge in [-0.3, -0.25) is 0 Å². The molecule has 0 aliphatic heterocycles. The summed E-state index contributed by atoms with van der Waals surface area (Å²) < 4.78 is 0. The standard InChI is InChI=1S/C8H16N6/c1-4-11-8(2,3)5-12-6(9)14-7(10)13-5/h11H,4H2,1-3H3,(H4,9,10,12,13,14). The van der Waals surface area contributed by atoms with Crippen molar-refractivity contribution in [3.8, 4) is 0 Å². The van der Waals surface area contributed by atoms with Crippen molar-refractivity contribution in [3.63, 3.8) is 0 Å². The van der Waals surface area contributed by atoms with Gasteiger partial charge in [-0.15, -0.1) is 0 Å². The molecule has 0 aromatic carbocycles. The predicted molar refractivity (Wildman–Crippen MR) is 55.4 cm³/mol. The first kappa shape index (κ1) is 10.6. The zero-order valence-electron chi connectivity index (χ0n) is 8.70. The summed E-state index contributed by atoms with van der Waals surface area (Å²) in [7, 11) is 0. The van der Waals surface area contributed by atoms with Gasteiger partial charge < -0.3 is 16.8 Å². The number of nitrogens with one attached hydrogen (secondary N) is 1. The molecule has 5 N–H and O–H groups in total. The Morgan fingerprint density at radius 2 is 1.64 bits per heavy atom. The second-order valence-electron chi connectivity index (χ2n) is 3.53. The van der Waals surface area contributed by atoms with Gasteiger partial charge in [0.25, 0.3) is 0 Å². The molecule has 0 atom stereocenters. The molecule has 0 saturated carbocycles. The van der Waals surface area contributed by atoms with Crippen molar-refractivity contribution in [1.29, 1.82) is 0 Å². The van der Waals surface area contributed by atoms with E-state index in [2.05, 4.69) is 20.3 Å². The van der Waals surface area contributed by atoms with Crippen molar-refractivity contribution in [2.75, 3.05) is 18.0 Å². The van der Waals surface area contributed by atoms with Crippen molar-refractivity contribution < 1.29 is 0 Å². The van der Waals surface area contributed by atoms with E-state index in [0.29, 0.717) is 5.82 Å². The molecule has 1 heterocycles. The highest BCUT2D eigenvalue weighted by molar-refractivity contribution is 5.27. The van der Waals surface area contributed by atoms with Crippen molar-refractivity contribution in [2.45, 2.75) is 26.3 Å². The molecule has 0 amide bonds. The number of hydrogen-bond donors (Lipinski definition) is 3. The molecular formula is C8H16N6. The van der Waals surface area contributed by atoms with Crippen LogP contribution in [0.4, 0.5) is 11.9 Å². The van der Waals surface area contributed by atoms with Gasteiger partial charge in [-0.25, -0.2) is 0 Å². The fourth-order valence-corrected chi connectivity index (χ4v) is 1.21. The molecule has 1 aromatic heterocycles. The van der Waals surface area contributed by atoms with Gasteiger partial charge in [-0.05, 0) is 20.4 Å². The van der Waals surface area contributed by atoms with Crippen LogP contribution in [0.3, 0.4) is 0 Å². The highest BCUT2D eigenvalue weighted by Gasteiger charge is 2.23. The molecule has 14 heavy (non-hydrogen) atoms. The van der Waals surface area contributed by atoms with Gasteiger partial charge in [0.05, 0.1) is 5.54 Å². The van der Waals surface area contributed by atoms with Crippen molar-refractivity contribution in [1.82, 2.24) is 20.3 Å². The van der Waals surface area contributed by atoms with Crippen LogP contribution >= 0.6 is 0 Å². The summed E-state index contributed by atoms with van der Waals surface area (Å²) >= 11 is 0. The Bertz CT molecular complexity index is 301. The first-order valence-corrected chi connectivity index (χ1v) is 4.48. The van der Waals surface area contributed by atoms with Crippen molar-refractivity contribution in [3.05, 3.63) is 5.82 Å². The smallest absolute Gasteiger partial charge is 0.225 e. The summed E-state index contributed by atoms with van der Waals surface area (Å²) in [6.07, 6.45) is 0. The first-order valence-electron chi connectivity index (χ1n) is 4.48. The molecule has 0 radical (unpaired) electrons. The van der Waals surface area contributed by atoms with Crippen LogP contribution < -0.4 is 16.8 Å². The lowest BCUT2D eigenvalue weighted by atomic mass is 10.1. The van der Waals surface area contributed by atoms with Gasteiger partial charge in [0.1, 0.15) is 0 Å². The molecular weight excluding hydrogens is 180 g/mol. The number of aromatic nitrogens is 3. The zero-order valence-corrected chi connectivity index (χ0v) is 8.70. The van der Waals surface area contributed by atoms with Crippen LogP contribution in [0.1, 0.15) is 26.6 Å². The van der Waals surface area contributed by atoms with Crippen LogP contribution in [0, 0.1) is 0 Å². The third-order valence-corrected chi connectivity index (χ3v) is 1.85. The molecule has 0 bridgehead atoms. The summed E-state index contributed by atoms with van der Waals surface area (Å²) in [5.41, 5.74) is 10.6. The molecule has 0 fully saturated rings. The Morgan fingerprint density at radius 3 is 2.07 bits per heavy atom. The molecule has 0 unspecified atom stereocenters. The molecule has 1 rings (SSSR count). The van der Waals surface area contributed by atoms with Crippen molar-refractivity contribution >= 4 is 11.9 Å². The number of hydrogen-bond acceptors (Lipinski definition) is 6. The molecule has 1 aromatic rings. The van der Waals surface area contributed by atoms with E-state index >= 15 is 0 Å². The minimum atomic E-state index is -0.347. The quantitative estimate of drug-likeness (QED) is 0.623. The molecule has 0 aliphatic rings. The third-order valence-electron chi connectivity index (χ3n) is 1.85. The van der Waals surface area contributed by atoms with Crippen molar-refractivity contribution in [2.24, 2.45) is 0 Å². The average molecular weight is 196 g/mol. The lowest BCUT2D eigenvalue weighted by molar-refractivity contribution is 0.391. The third kappa shape index (κ3) is 2.29. The minimum absolute atomic E-state index is 0.151. The Hall–Kier alpha value is -1.43. The van der Waals surface area contributed by atoms with Crippen LogP contribution in [0.2, 0.25) is 0 Å². The van der Waals surface area contributed by atoms with E-state index in [4.69, 9.17) is 11.5 Å². The zero-order chi connectivity index (χ0) is 10.8. The minimum Gasteiger partial charge on any atom is -0.368 e. The first-order chi connectivity index (χ1) is 6.45. The molecule has 6 heteroatoms. The SMILES string of the molecule is CCNC(C)(C)c1nc(N)nc(N)n1. The maximum Gasteiger partial charge on any atom is 0.225 e. The predicted octanol–water partition coefficient (Wildman–Crippen LogP) is -0.119. The summed E-state index contributed by atoms with van der Waals surface area (Å²) in [5, 5.41) is 3.23. The number of nitrogens with zero attached hydrogens (tertiary/aromatic N) is 3. The van der Waals surface area contributed by atoms with E-state index in [-0.39, 0.29) is 17.4 Å². The number of nitrogen functional groups attached to an aromatic ring is 2. The maximum absolute atomic E-state index is 5.48. The summed E-state index contributed by atoms with van der Waals surface area (Å²) in [6.45, 7) is 6.75. The Labute approximate surface area is 83.1 Å². The molecule has 0 saturated heterocycles. The topological polar surface area (TPSA) is 103 Å². The van der Waals surface area contributed by atoms with Gasteiger partial charge in [0.2, 0.25) is 11.9 Å². The second-order valence-corrected chi connectivity index (χ2v) is 3.53. The van der Waals surface area contributed by atoms with Gasteiger partial charge in [0, 0.05) is 0 Å². The van der Waals surface area contributed by atoms with Gasteiger partial charge in [0.15, 0.2) is 5.82 Å². The van der Waals surface area contributed by atoms with Crippen LogP contribution in [-0.4, -0.2) is 21.5 Å². The molecule has 0 spiro atoms. The van der Waals surface area contributed by atoms with Crippen LogP contribution in [0.25, 0.3) is 0 Å². The second kappa shape index (κ2) is 3.75. The highest BCUT2D eigenvalue weighted by atomic mass is 15.2. The Morgan fingerprint density at radius 1 is 1.14 bits per heavy atom. The monoisotopic (exact) mass is 196 g/mol. The Kier molecular flexibility index (Phi) is 2.85. The van der Waals surface area contributed by atoms with Gasteiger partial charge in [-0.1, -0.05) is 6.92 Å². The lowest BCUT2D eigenvalue weighted by Gasteiger charge is -2.23. The molecule has 6 nitrogen and oxygen atoms in total. The van der Waals surface area contributed by atoms with E-state index in [1.54, 1.807) is 0 Å². The lowest BCUT2D eigenvalue weighted by Crippen LogP contribution is -2.38. The summed E-state index contributed by atoms with van der Waals surface area (Å²) in [4.78, 5) is 11.8. The van der Waals surface area contributed by atoms with E-state index in [1.807, 2.05) is 20.8 Å². The molecule has 0 aliphatic carbocycles. The number of anilines is 2. The van der Waals surface area contributed by atoms with E-state index in [9.17, 15) is 0 Å². The van der Waals surface area contributed by atoms with Crippen LogP contribution in [-0.2, 0) is 5.54 Å². The van der Waals surface area contributed by atoms with E-state index < -0.39 is 0 Å². The van der Waals surface area contributed by atoms with Crippen LogP contribution in [0.5, 0.6) is 0 Å². The fourth-order valence-electron chi connectivity index (χ4n) is 1.21. The Balaban J connectivity index is 3.05. The van der Waals surface area contributed by atoms with E-state index in [0.717, 1.165) is 6.54 Å². The normalized spacial score (nSPS) is 11.6. The summed E-state index contributed by atoms with van der Waals surface area (Å²) in [5.74, 6) is 0.862. The fraction of sp³-hybridized carbons (Fsp3) is 0.625. The number of rotatable bonds is 3. The largest absolute Gasteiger partial charge is 0.368 e. The molecule has 78 valence electrons. The highest BCUT2D eigenvalue weighted by Crippen LogP contribution is 2.16. The van der Waals surface area contributed by atoms with Gasteiger partial charge in [-0.2, -0.15) is 15.0 Å². The maximum atomic E-state index is 5.48. The van der Waals surface area contributed by atoms with E-state index in [1.165, 1.54) is 0 Å².